The predicted molar refractivity (Wildman–Crippen MR) is 85.2 cm³/mol. The number of nitrogens with one attached hydrogen (secondary N) is 2. The molecule has 1 saturated carbocycles. The summed E-state index contributed by atoms with van der Waals surface area (Å²) in [5, 5.41) is 6.87. The van der Waals surface area contributed by atoms with Crippen LogP contribution >= 0.6 is 0 Å². The van der Waals surface area contributed by atoms with Crippen molar-refractivity contribution >= 4 is 11.6 Å². The Morgan fingerprint density at radius 2 is 1.85 bits per heavy atom. The smallest absolute Gasteiger partial charge is 0.134 e. The summed E-state index contributed by atoms with van der Waals surface area (Å²) in [7, 11) is 1.92. The van der Waals surface area contributed by atoms with Crippen LogP contribution in [-0.2, 0) is 6.42 Å². The summed E-state index contributed by atoms with van der Waals surface area (Å²) < 4.78 is 0. The van der Waals surface area contributed by atoms with Crippen molar-refractivity contribution in [1.29, 1.82) is 0 Å². The molecule has 1 aromatic heterocycles. The van der Waals surface area contributed by atoms with Crippen molar-refractivity contribution in [2.75, 3.05) is 17.7 Å². The maximum atomic E-state index is 4.48. The molecule has 1 fully saturated rings. The van der Waals surface area contributed by atoms with Crippen molar-refractivity contribution < 1.29 is 0 Å². The third-order valence-corrected chi connectivity index (χ3v) is 4.52. The molecule has 4 heteroatoms. The number of aromatic nitrogens is 2. The highest BCUT2D eigenvalue weighted by atomic mass is 15.1. The van der Waals surface area contributed by atoms with E-state index in [0.717, 1.165) is 30.4 Å². The topological polar surface area (TPSA) is 49.8 Å². The maximum absolute atomic E-state index is 4.48. The van der Waals surface area contributed by atoms with Crippen molar-refractivity contribution in [2.24, 2.45) is 5.92 Å². The number of anilines is 2. The molecule has 2 N–H and O–H groups in total. The van der Waals surface area contributed by atoms with Gasteiger partial charge in [-0.05, 0) is 31.6 Å². The lowest BCUT2D eigenvalue weighted by Gasteiger charge is -2.31. The molecule has 1 atom stereocenters. The Kier molecular flexibility index (Phi) is 5.62. The lowest BCUT2D eigenvalue weighted by Crippen LogP contribution is -2.31. The molecule has 1 unspecified atom stereocenters. The van der Waals surface area contributed by atoms with Crippen molar-refractivity contribution in [1.82, 2.24) is 9.97 Å². The van der Waals surface area contributed by atoms with E-state index in [1.165, 1.54) is 37.7 Å². The van der Waals surface area contributed by atoms with Gasteiger partial charge in [-0.1, -0.05) is 33.1 Å². The quantitative estimate of drug-likeness (QED) is 0.828. The first-order valence-corrected chi connectivity index (χ1v) is 8.08. The van der Waals surface area contributed by atoms with Gasteiger partial charge in [0.25, 0.3) is 0 Å². The molecule has 1 aromatic rings. The molecular weight excluding hydrogens is 248 g/mol. The van der Waals surface area contributed by atoms with Crippen LogP contribution in [0.3, 0.4) is 0 Å². The van der Waals surface area contributed by atoms with Gasteiger partial charge in [0.05, 0.1) is 0 Å². The molecule has 4 nitrogen and oxygen atoms in total. The predicted octanol–water partition coefficient (Wildman–Crippen LogP) is 3.85. The van der Waals surface area contributed by atoms with E-state index in [2.05, 4.69) is 34.4 Å². The monoisotopic (exact) mass is 276 g/mol. The van der Waals surface area contributed by atoms with Gasteiger partial charge in [-0.3, -0.25) is 0 Å². The summed E-state index contributed by atoms with van der Waals surface area (Å²) in [6.45, 7) is 4.43. The molecule has 0 aromatic carbocycles. The molecule has 1 heterocycles. The van der Waals surface area contributed by atoms with E-state index < -0.39 is 0 Å². The summed E-state index contributed by atoms with van der Waals surface area (Å²) in [5.74, 6) is 2.76. The van der Waals surface area contributed by atoms with Gasteiger partial charge in [-0.25, -0.2) is 9.97 Å². The van der Waals surface area contributed by atoms with Gasteiger partial charge in [0.15, 0.2) is 0 Å². The first kappa shape index (κ1) is 15.1. The summed E-state index contributed by atoms with van der Waals surface area (Å²) in [6.07, 6.45) is 10.6. The Bertz CT molecular complexity index is 413. The fraction of sp³-hybridized carbons (Fsp3) is 0.750. The zero-order valence-corrected chi connectivity index (χ0v) is 13.1. The highest BCUT2D eigenvalue weighted by molar-refractivity contribution is 5.57. The molecule has 112 valence electrons. The van der Waals surface area contributed by atoms with E-state index in [0.29, 0.717) is 6.04 Å². The first-order valence-electron chi connectivity index (χ1n) is 8.08. The highest BCUT2D eigenvalue weighted by Crippen LogP contribution is 2.30. The summed E-state index contributed by atoms with van der Waals surface area (Å²) in [5.41, 5.74) is 1.20. The molecular formula is C16H28N4. The Labute approximate surface area is 122 Å². The lowest BCUT2D eigenvalue weighted by atomic mass is 9.83. The zero-order chi connectivity index (χ0) is 14.4. The fourth-order valence-corrected chi connectivity index (χ4v) is 3.35. The first-order chi connectivity index (χ1) is 9.80. The van der Waals surface area contributed by atoms with E-state index in [1.54, 1.807) is 6.33 Å². The number of rotatable bonds is 6. The zero-order valence-electron chi connectivity index (χ0n) is 13.1. The summed E-state index contributed by atoms with van der Waals surface area (Å²) >= 11 is 0. The minimum Gasteiger partial charge on any atom is -0.373 e. The van der Waals surface area contributed by atoms with E-state index in [4.69, 9.17) is 0 Å². The molecule has 20 heavy (non-hydrogen) atoms. The molecule has 0 aliphatic heterocycles. The molecule has 1 aliphatic rings. The van der Waals surface area contributed by atoms with Crippen LogP contribution in [0.25, 0.3) is 0 Å². The van der Waals surface area contributed by atoms with E-state index in [9.17, 15) is 0 Å². The number of hydrogen-bond donors (Lipinski definition) is 2. The van der Waals surface area contributed by atoms with Crippen LogP contribution < -0.4 is 10.6 Å². The molecule has 0 radical (unpaired) electrons. The van der Waals surface area contributed by atoms with Gasteiger partial charge in [0.2, 0.25) is 0 Å². The Hall–Kier alpha value is -1.32. The Morgan fingerprint density at radius 3 is 2.45 bits per heavy atom. The van der Waals surface area contributed by atoms with Crippen molar-refractivity contribution in [3.8, 4) is 0 Å². The number of hydrogen-bond acceptors (Lipinski definition) is 4. The largest absolute Gasteiger partial charge is 0.373 e. The normalized spacial score (nSPS) is 17.8. The van der Waals surface area contributed by atoms with Crippen LogP contribution in [-0.4, -0.2) is 23.1 Å². The van der Waals surface area contributed by atoms with E-state index >= 15 is 0 Å². The van der Waals surface area contributed by atoms with Crippen LogP contribution in [0.5, 0.6) is 0 Å². The van der Waals surface area contributed by atoms with Crippen molar-refractivity contribution in [3.63, 3.8) is 0 Å². The minimum atomic E-state index is 0.542. The molecule has 0 spiro atoms. The second-order valence-electron chi connectivity index (χ2n) is 5.71. The van der Waals surface area contributed by atoms with Gasteiger partial charge in [0, 0.05) is 18.7 Å². The Balaban J connectivity index is 2.14. The second kappa shape index (κ2) is 7.46. The van der Waals surface area contributed by atoms with Gasteiger partial charge in [0.1, 0.15) is 18.0 Å². The van der Waals surface area contributed by atoms with Crippen molar-refractivity contribution in [2.45, 2.75) is 64.8 Å². The molecule has 2 rings (SSSR count). The second-order valence-corrected chi connectivity index (χ2v) is 5.71. The molecule has 0 bridgehead atoms. The fourth-order valence-electron chi connectivity index (χ4n) is 3.35. The minimum absolute atomic E-state index is 0.542. The average Bonchev–Trinajstić information content (AvgIpc) is 2.52. The van der Waals surface area contributed by atoms with Crippen LogP contribution in [0.15, 0.2) is 6.33 Å². The third-order valence-electron chi connectivity index (χ3n) is 4.52. The van der Waals surface area contributed by atoms with Crippen LogP contribution in [0.2, 0.25) is 0 Å². The van der Waals surface area contributed by atoms with Crippen LogP contribution in [0, 0.1) is 5.92 Å². The van der Waals surface area contributed by atoms with Crippen LogP contribution in [0.4, 0.5) is 11.6 Å². The van der Waals surface area contributed by atoms with E-state index in [1.807, 2.05) is 7.05 Å². The summed E-state index contributed by atoms with van der Waals surface area (Å²) in [6, 6.07) is 0.542. The molecule has 1 aliphatic carbocycles. The number of nitrogens with zero attached hydrogens (tertiary/aromatic N) is 2. The van der Waals surface area contributed by atoms with Gasteiger partial charge in [-0.2, -0.15) is 0 Å². The van der Waals surface area contributed by atoms with Gasteiger partial charge >= 0.3 is 0 Å². The maximum Gasteiger partial charge on any atom is 0.134 e. The standard InChI is InChI=1S/C16H28N4/c1-4-13-15(17-3)18-11-19-16(13)20-14(5-2)12-9-7-6-8-10-12/h11-12,14H,4-10H2,1-3H3,(H2,17,18,19,20). The van der Waals surface area contributed by atoms with Crippen LogP contribution in [0.1, 0.15) is 57.9 Å². The molecule has 0 saturated heterocycles. The van der Waals surface area contributed by atoms with E-state index in [-0.39, 0.29) is 0 Å². The average molecular weight is 276 g/mol. The van der Waals surface area contributed by atoms with Crippen molar-refractivity contribution in [3.05, 3.63) is 11.9 Å². The summed E-state index contributed by atoms with van der Waals surface area (Å²) in [4.78, 5) is 8.79. The highest BCUT2D eigenvalue weighted by Gasteiger charge is 2.23. The lowest BCUT2D eigenvalue weighted by molar-refractivity contribution is 0.312. The Morgan fingerprint density at radius 1 is 1.15 bits per heavy atom. The van der Waals surface area contributed by atoms with Gasteiger partial charge < -0.3 is 10.6 Å². The van der Waals surface area contributed by atoms with Gasteiger partial charge in [-0.15, -0.1) is 0 Å². The third kappa shape index (κ3) is 3.41. The molecule has 0 amide bonds. The SMILES string of the molecule is CCc1c(NC)ncnc1NC(CC)C1CCCCC1.